The van der Waals surface area contributed by atoms with Gasteiger partial charge >= 0.3 is 0 Å². The van der Waals surface area contributed by atoms with Crippen LogP contribution in [0.25, 0.3) is 0 Å². The average molecular weight is 257 g/mol. The number of aliphatic hydroxyl groups excluding tert-OH is 1. The van der Waals surface area contributed by atoms with Crippen molar-refractivity contribution in [3.8, 4) is 17.6 Å². The van der Waals surface area contributed by atoms with E-state index in [1.807, 2.05) is 6.07 Å². The number of benzene rings is 2. The van der Waals surface area contributed by atoms with Gasteiger partial charge in [0, 0.05) is 0 Å². The molecule has 1 atom stereocenters. The summed E-state index contributed by atoms with van der Waals surface area (Å²) in [5.41, 5.74) is 0.634. The Morgan fingerprint density at radius 2 is 1.89 bits per heavy atom. The summed E-state index contributed by atoms with van der Waals surface area (Å²) >= 11 is 0. The molecule has 0 heterocycles. The van der Waals surface area contributed by atoms with E-state index < -0.39 is 11.9 Å². The Kier molecular flexibility index (Phi) is 3.79. The number of hydrogen-bond donors (Lipinski definition) is 1. The van der Waals surface area contributed by atoms with E-state index in [1.54, 1.807) is 30.3 Å². The van der Waals surface area contributed by atoms with Crippen molar-refractivity contribution < 1.29 is 14.2 Å². The topological polar surface area (TPSA) is 53.2 Å². The molecule has 0 aliphatic heterocycles. The Bertz CT molecular complexity index is 615. The van der Waals surface area contributed by atoms with Gasteiger partial charge in [-0.2, -0.15) is 5.26 Å². The van der Waals surface area contributed by atoms with Gasteiger partial charge < -0.3 is 9.84 Å². The molecule has 0 aliphatic carbocycles. The fourth-order valence-corrected chi connectivity index (χ4v) is 1.74. The summed E-state index contributed by atoms with van der Waals surface area (Å²) in [6.45, 7) is 1.48. The third-order valence-corrected chi connectivity index (χ3v) is 2.64. The first-order valence-electron chi connectivity index (χ1n) is 5.76. The zero-order valence-corrected chi connectivity index (χ0v) is 10.3. The van der Waals surface area contributed by atoms with Gasteiger partial charge in [0.1, 0.15) is 17.3 Å². The van der Waals surface area contributed by atoms with E-state index >= 15 is 0 Å². The van der Waals surface area contributed by atoms with Crippen LogP contribution in [-0.2, 0) is 0 Å². The molecule has 0 spiro atoms. The van der Waals surface area contributed by atoms with Gasteiger partial charge in [0.2, 0.25) is 0 Å². The largest absolute Gasteiger partial charge is 0.457 e. The highest BCUT2D eigenvalue weighted by Gasteiger charge is 2.15. The van der Waals surface area contributed by atoms with Crippen molar-refractivity contribution in [2.24, 2.45) is 0 Å². The molecule has 0 aromatic heterocycles. The summed E-state index contributed by atoms with van der Waals surface area (Å²) in [7, 11) is 0. The van der Waals surface area contributed by atoms with Gasteiger partial charge in [0.25, 0.3) is 0 Å². The smallest absolute Gasteiger partial charge is 0.136 e. The maximum atomic E-state index is 13.6. The molecule has 0 unspecified atom stereocenters. The molecule has 0 amide bonds. The number of ether oxygens (including phenoxy) is 1. The van der Waals surface area contributed by atoms with Gasteiger partial charge in [-0.05, 0) is 43.3 Å². The van der Waals surface area contributed by atoms with E-state index in [0.29, 0.717) is 11.3 Å². The Hall–Kier alpha value is -2.38. The average Bonchev–Trinajstić information content (AvgIpc) is 2.39. The predicted octanol–water partition coefficient (Wildman–Crippen LogP) is 3.54. The molecular weight excluding hydrogens is 245 g/mol. The van der Waals surface area contributed by atoms with Crippen molar-refractivity contribution >= 4 is 0 Å². The normalized spacial score (nSPS) is 11.7. The van der Waals surface area contributed by atoms with Crippen LogP contribution in [0.5, 0.6) is 11.5 Å². The van der Waals surface area contributed by atoms with E-state index in [2.05, 4.69) is 0 Å². The number of hydrogen-bond acceptors (Lipinski definition) is 3. The van der Waals surface area contributed by atoms with Crippen LogP contribution in [0.3, 0.4) is 0 Å². The fraction of sp³-hybridized carbons (Fsp3) is 0.133. The molecule has 96 valence electrons. The highest BCUT2D eigenvalue weighted by molar-refractivity contribution is 5.41. The molecule has 0 aliphatic rings. The lowest BCUT2D eigenvalue weighted by Crippen LogP contribution is -1.99. The van der Waals surface area contributed by atoms with E-state index in [-0.39, 0.29) is 11.3 Å². The summed E-state index contributed by atoms with van der Waals surface area (Å²) in [6, 6.07) is 12.8. The van der Waals surface area contributed by atoms with Crippen LogP contribution in [0.15, 0.2) is 42.5 Å². The Morgan fingerprint density at radius 3 is 2.47 bits per heavy atom. The molecule has 2 rings (SSSR count). The molecule has 3 nitrogen and oxygen atoms in total. The molecule has 2 aromatic carbocycles. The second-order valence-corrected chi connectivity index (χ2v) is 4.07. The van der Waals surface area contributed by atoms with Crippen LogP contribution in [0, 0.1) is 17.1 Å². The minimum Gasteiger partial charge on any atom is -0.457 e. The van der Waals surface area contributed by atoms with Crippen molar-refractivity contribution in [2.45, 2.75) is 13.0 Å². The lowest BCUT2D eigenvalue weighted by molar-refractivity contribution is 0.190. The number of halogens is 1. The molecule has 0 radical (unpaired) electrons. The molecular formula is C15H12FNO2. The second-order valence-electron chi connectivity index (χ2n) is 4.07. The van der Waals surface area contributed by atoms with Crippen LogP contribution in [0.2, 0.25) is 0 Å². The fourth-order valence-electron chi connectivity index (χ4n) is 1.74. The second kappa shape index (κ2) is 5.51. The third-order valence-electron chi connectivity index (χ3n) is 2.64. The molecule has 0 bridgehead atoms. The standard InChI is InChI=1S/C15H12FNO2/c1-10(18)15-13(16)3-2-4-14(15)19-12-7-5-11(9-17)6-8-12/h2-8,10,18H,1H3/t10-/m1/s1. The highest BCUT2D eigenvalue weighted by Crippen LogP contribution is 2.31. The summed E-state index contributed by atoms with van der Waals surface area (Å²) in [5.74, 6) is 0.229. The summed E-state index contributed by atoms with van der Waals surface area (Å²) < 4.78 is 19.2. The Morgan fingerprint density at radius 1 is 1.21 bits per heavy atom. The Balaban J connectivity index is 2.33. The molecule has 2 aromatic rings. The van der Waals surface area contributed by atoms with E-state index in [0.717, 1.165) is 0 Å². The number of aliphatic hydroxyl groups is 1. The van der Waals surface area contributed by atoms with Gasteiger partial charge in [0.05, 0.1) is 23.3 Å². The summed E-state index contributed by atoms with van der Waals surface area (Å²) in [4.78, 5) is 0. The number of nitriles is 1. The SMILES string of the molecule is C[C@@H](O)c1c(F)cccc1Oc1ccc(C#N)cc1. The molecule has 0 fully saturated rings. The Labute approximate surface area is 110 Å². The van der Waals surface area contributed by atoms with Crippen molar-refractivity contribution in [1.29, 1.82) is 5.26 Å². The molecule has 4 heteroatoms. The third kappa shape index (κ3) is 2.90. The van der Waals surface area contributed by atoms with Crippen molar-refractivity contribution in [1.82, 2.24) is 0 Å². The molecule has 19 heavy (non-hydrogen) atoms. The number of rotatable bonds is 3. The highest BCUT2D eigenvalue weighted by atomic mass is 19.1. The minimum atomic E-state index is -0.963. The first-order chi connectivity index (χ1) is 9.11. The first kappa shape index (κ1) is 13.1. The van der Waals surface area contributed by atoms with Gasteiger partial charge in [0.15, 0.2) is 0 Å². The lowest BCUT2D eigenvalue weighted by Gasteiger charge is -2.13. The molecule has 0 saturated heterocycles. The zero-order valence-electron chi connectivity index (χ0n) is 10.3. The van der Waals surface area contributed by atoms with Crippen LogP contribution in [0.1, 0.15) is 24.2 Å². The number of nitrogens with zero attached hydrogens (tertiary/aromatic N) is 1. The quantitative estimate of drug-likeness (QED) is 0.914. The van der Waals surface area contributed by atoms with Crippen LogP contribution in [-0.4, -0.2) is 5.11 Å². The van der Waals surface area contributed by atoms with Crippen LogP contribution in [0.4, 0.5) is 4.39 Å². The monoisotopic (exact) mass is 257 g/mol. The van der Waals surface area contributed by atoms with Crippen molar-refractivity contribution in [2.75, 3.05) is 0 Å². The molecule has 0 saturated carbocycles. The maximum absolute atomic E-state index is 13.6. The van der Waals surface area contributed by atoms with Gasteiger partial charge in [-0.15, -0.1) is 0 Å². The van der Waals surface area contributed by atoms with Gasteiger partial charge in [-0.1, -0.05) is 6.07 Å². The summed E-state index contributed by atoms with van der Waals surface area (Å²) in [6.07, 6.45) is -0.963. The van der Waals surface area contributed by atoms with Gasteiger partial charge in [-0.25, -0.2) is 4.39 Å². The van der Waals surface area contributed by atoms with Crippen LogP contribution >= 0.6 is 0 Å². The van der Waals surface area contributed by atoms with E-state index in [1.165, 1.54) is 19.1 Å². The molecule has 1 N–H and O–H groups in total. The van der Waals surface area contributed by atoms with Gasteiger partial charge in [-0.3, -0.25) is 0 Å². The summed E-state index contributed by atoms with van der Waals surface area (Å²) in [5, 5.41) is 18.3. The lowest BCUT2D eigenvalue weighted by atomic mass is 10.1. The minimum absolute atomic E-state index is 0.117. The predicted molar refractivity (Wildman–Crippen MR) is 68.3 cm³/mol. The van der Waals surface area contributed by atoms with Crippen LogP contribution < -0.4 is 4.74 Å². The van der Waals surface area contributed by atoms with E-state index in [9.17, 15) is 9.50 Å². The maximum Gasteiger partial charge on any atom is 0.136 e. The first-order valence-corrected chi connectivity index (χ1v) is 5.76. The van der Waals surface area contributed by atoms with Crippen molar-refractivity contribution in [3.63, 3.8) is 0 Å². The zero-order chi connectivity index (χ0) is 13.8. The van der Waals surface area contributed by atoms with Crippen molar-refractivity contribution in [3.05, 3.63) is 59.4 Å². The van der Waals surface area contributed by atoms with E-state index in [4.69, 9.17) is 10.00 Å².